The van der Waals surface area contributed by atoms with Crippen LogP contribution in [-0.2, 0) is 5.41 Å². The van der Waals surface area contributed by atoms with E-state index < -0.39 is 0 Å². The van der Waals surface area contributed by atoms with Crippen molar-refractivity contribution >= 4 is 15.9 Å². The van der Waals surface area contributed by atoms with Crippen molar-refractivity contribution in [1.82, 2.24) is 9.97 Å². The third-order valence-corrected chi connectivity index (χ3v) is 3.43. The lowest BCUT2D eigenvalue weighted by Gasteiger charge is -2.19. The molecule has 1 aromatic carbocycles. The van der Waals surface area contributed by atoms with Gasteiger partial charge in [0.25, 0.3) is 5.56 Å². The van der Waals surface area contributed by atoms with Crippen molar-refractivity contribution < 1.29 is 4.39 Å². The molecule has 1 aromatic heterocycles. The van der Waals surface area contributed by atoms with Gasteiger partial charge >= 0.3 is 0 Å². The minimum Gasteiger partial charge on any atom is -0.306 e. The van der Waals surface area contributed by atoms with E-state index in [-0.39, 0.29) is 16.8 Å². The molecule has 2 aromatic rings. The van der Waals surface area contributed by atoms with E-state index >= 15 is 0 Å². The van der Waals surface area contributed by atoms with Gasteiger partial charge in [-0.15, -0.1) is 0 Å². The van der Waals surface area contributed by atoms with Crippen molar-refractivity contribution in [2.45, 2.75) is 26.2 Å². The normalized spacial score (nSPS) is 11.6. The molecule has 0 aliphatic heterocycles. The molecule has 0 spiro atoms. The van der Waals surface area contributed by atoms with Gasteiger partial charge in [0.2, 0.25) is 0 Å². The molecule has 0 bridgehead atoms. The zero-order valence-electron chi connectivity index (χ0n) is 10.9. The van der Waals surface area contributed by atoms with Crippen molar-refractivity contribution in [1.29, 1.82) is 0 Å². The van der Waals surface area contributed by atoms with E-state index in [9.17, 15) is 9.18 Å². The van der Waals surface area contributed by atoms with Gasteiger partial charge in [-0.2, -0.15) is 0 Å². The van der Waals surface area contributed by atoms with E-state index in [1.165, 1.54) is 12.1 Å². The Bertz CT molecular complexity index is 657. The summed E-state index contributed by atoms with van der Waals surface area (Å²) in [5.41, 5.74) is 0.855. The maximum Gasteiger partial charge on any atom is 0.265 e. The van der Waals surface area contributed by atoms with Crippen LogP contribution in [0.5, 0.6) is 0 Å². The molecule has 0 fully saturated rings. The minimum absolute atomic E-state index is 0.237. The van der Waals surface area contributed by atoms with Gasteiger partial charge in [-0.05, 0) is 40.2 Å². The van der Waals surface area contributed by atoms with Crippen LogP contribution in [0.25, 0.3) is 11.4 Å². The van der Waals surface area contributed by atoms with Crippen LogP contribution in [-0.4, -0.2) is 9.97 Å². The highest BCUT2D eigenvalue weighted by Gasteiger charge is 2.22. The first-order chi connectivity index (χ1) is 8.79. The fourth-order valence-corrected chi connectivity index (χ4v) is 2.48. The summed E-state index contributed by atoms with van der Waals surface area (Å²) in [5, 5.41) is 0. The minimum atomic E-state index is -0.320. The first kappa shape index (κ1) is 13.9. The van der Waals surface area contributed by atoms with Gasteiger partial charge in [0.1, 0.15) is 16.1 Å². The molecule has 0 radical (unpaired) electrons. The zero-order valence-corrected chi connectivity index (χ0v) is 12.5. The lowest BCUT2D eigenvalue weighted by atomic mass is 9.92. The van der Waals surface area contributed by atoms with E-state index in [0.29, 0.717) is 21.6 Å². The summed E-state index contributed by atoms with van der Waals surface area (Å²) in [7, 11) is 0. The number of nitrogens with one attached hydrogen (secondary N) is 1. The van der Waals surface area contributed by atoms with Crippen LogP contribution in [0.15, 0.2) is 33.5 Å². The van der Waals surface area contributed by atoms with E-state index in [1.54, 1.807) is 12.1 Å². The van der Waals surface area contributed by atoms with Crippen LogP contribution in [0, 0.1) is 5.82 Å². The van der Waals surface area contributed by atoms with Gasteiger partial charge in [0.05, 0.1) is 5.69 Å². The Balaban J connectivity index is 2.63. The molecular weight excluding hydrogens is 311 g/mol. The molecule has 0 aliphatic carbocycles. The van der Waals surface area contributed by atoms with Crippen molar-refractivity contribution in [2.75, 3.05) is 0 Å². The summed E-state index contributed by atoms with van der Waals surface area (Å²) in [6.07, 6.45) is 0. The van der Waals surface area contributed by atoms with E-state index in [4.69, 9.17) is 0 Å². The second kappa shape index (κ2) is 4.89. The van der Waals surface area contributed by atoms with Crippen molar-refractivity contribution in [3.8, 4) is 11.4 Å². The lowest BCUT2D eigenvalue weighted by Crippen LogP contribution is -2.22. The van der Waals surface area contributed by atoms with Crippen molar-refractivity contribution in [3.63, 3.8) is 0 Å². The molecule has 3 nitrogen and oxygen atoms in total. The van der Waals surface area contributed by atoms with Crippen LogP contribution in [0.3, 0.4) is 0 Å². The number of hydrogen-bond donors (Lipinski definition) is 1. The zero-order chi connectivity index (χ0) is 14.2. The second-order valence-corrected chi connectivity index (χ2v) is 6.13. The largest absolute Gasteiger partial charge is 0.306 e. The quantitative estimate of drug-likeness (QED) is 0.870. The number of benzene rings is 1. The number of H-pyrrole nitrogens is 1. The van der Waals surface area contributed by atoms with Crippen molar-refractivity contribution in [2.24, 2.45) is 0 Å². The summed E-state index contributed by atoms with van der Waals surface area (Å²) >= 11 is 3.27. The SMILES string of the molecule is CC(C)(C)c1nc(-c2ccc(F)cc2)[nH]c(=O)c1Br. The van der Waals surface area contributed by atoms with Gasteiger partial charge in [0.15, 0.2) is 0 Å². The van der Waals surface area contributed by atoms with Crippen LogP contribution in [0.2, 0.25) is 0 Å². The first-order valence-electron chi connectivity index (χ1n) is 5.85. The Labute approximate surface area is 119 Å². The Morgan fingerprint density at radius 1 is 1.21 bits per heavy atom. The van der Waals surface area contributed by atoms with E-state index in [1.807, 2.05) is 20.8 Å². The number of halogens is 2. The van der Waals surface area contributed by atoms with Crippen LogP contribution < -0.4 is 5.56 Å². The lowest BCUT2D eigenvalue weighted by molar-refractivity contribution is 0.562. The highest BCUT2D eigenvalue weighted by molar-refractivity contribution is 9.10. The Hall–Kier alpha value is -1.49. The monoisotopic (exact) mass is 324 g/mol. The van der Waals surface area contributed by atoms with Crippen LogP contribution in [0.1, 0.15) is 26.5 Å². The van der Waals surface area contributed by atoms with Crippen LogP contribution in [0.4, 0.5) is 4.39 Å². The smallest absolute Gasteiger partial charge is 0.265 e. The van der Waals surface area contributed by atoms with Gasteiger partial charge in [-0.25, -0.2) is 9.37 Å². The topological polar surface area (TPSA) is 45.8 Å². The number of aromatic amines is 1. The number of hydrogen-bond acceptors (Lipinski definition) is 2. The third kappa shape index (κ3) is 2.92. The highest BCUT2D eigenvalue weighted by atomic mass is 79.9. The summed E-state index contributed by atoms with van der Waals surface area (Å²) < 4.78 is 13.4. The maximum atomic E-state index is 12.9. The molecule has 1 heterocycles. The van der Waals surface area contributed by atoms with Gasteiger partial charge < -0.3 is 4.98 Å². The number of rotatable bonds is 1. The molecule has 0 saturated heterocycles. The Kier molecular flexibility index (Phi) is 3.58. The fraction of sp³-hybridized carbons (Fsp3) is 0.286. The summed E-state index contributed by atoms with van der Waals surface area (Å²) in [5.74, 6) is 0.123. The van der Waals surface area contributed by atoms with E-state index in [2.05, 4.69) is 25.9 Å². The molecule has 0 aliphatic rings. The van der Waals surface area contributed by atoms with E-state index in [0.717, 1.165) is 0 Å². The molecule has 100 valence electrons. The molecular formula is C14H14BrFN2O. The Morgan fingerprint density at radius 3 is 2.32 bits per heavy atom. The molecule has 1 N–H and O–H groups in total. The van der Waals surface area contributed by atoms with Crippen molar-refractivity contribution in [3.05, 3.63) is 50.6 Å². The standard InChI is InChI=1S/C14H14BrFN2O/c1-14(2,3)11-10(15)13(19)18-12(17-11)8-4-6-9(16)7-5-8/h4-7H,1-3H3,(H,17,18,19). The predicted molar refractivity (Wildman–Crippen MR) is 76.7 cm³/mol. The molecule has 0 atom stereocenters. The molecule has 0 amide bonds. The van der Waals surface area contributed by atoms with Gasteiger partial charge in [-0.3, -0.25) is 4.79 Å². The average molecular weight is 325 g/mol. The second-order valence-electron chi connectivity index (χ2n) is 5.33. The third-order valence-electron chi connectivity index (χ3n) is 2.69. The summed E-state index contributed by atoms with van der Waals surface area (Å²) in [4.78, 5) is 19.1. The molecule has 2 rings (SSSR count). The molecule has 0 unspecified atom stereocenters. The average Bonchev–Trinajstić information content (AvgIpc) is 2.32. The molecule has 5 heteroatoms. The molecule has 19 heavy (non-hydrogen) atoms. The van der Waals surface area contributed by atoms with Crippen LogP contribution >= 0.6 is 15.9 Å². The highest BCUT2D eigenvalue weighted by Crippen LogP contribution is 2.27. The van der Waals surface area contributed by atoms with Gasteiger partial charge in [-0.1, -0.05) is 20.8 Å². The molecule has 0 saturated carbocycles. The maximum absolute atomic E-state index is 12.9. The summed E-state index contributed by atoms with van der Waals surface area (Å²) in [6, 6.07) is 5.87. The first-order valence-corrected chi connectivity index (χ1v) is 6.64. The van der Waals surface area contributed by atoms with Gasteiger partial charge in [0, 0.05) is 11.0 Å². The number of nitrogens with zero attached hydrogens (tertiary/aromatic N) is 1. The number of aromatic nitrogens is 2. The predicted octanol–water partition coefficient (Wildman–Crippen LogP) is 3.64. The Morgan fingerprint density at radius 2 is 1.79 bits per heavy atom. The summed E-state index contributed by atoms with van der Waals surface area (Å²) in [6.45, 7) is 5.94. The fourth-order valence-electron chi connectivity index (χ4n) is 1.70.